The summed E-state index contributed by atoms with van der Waals surface area (Å²) in [6, 6.07) is 14.5. The number of aryl methyl sites for hydroxylation is 1. The Morgan fingerprint density at radius 2 is 1.75 bits per heavy atom. The van der Waals surface area contributed by atoms with Gasteiger partial charge in [0.05, 0.1) is 18.9 Å². The average Bonchev–Trinajstić information content (AvgIpc) is 3.33. The van der Waals surface area contributed by atoms with Crippen LogP contribution in [0.3, 0.4) is 0 Å². The summed E-state index contributed by atoms with van der Waals surface area (Å²) in [7, 11) is 0. The fourth-order valence-electron chi connectivity index (χ4n) is 3.79. The minimum absolute atomic E-state index is 0.300. The van der Waals surface area contributed by atoms with Crippen molar-refractivity contribution in [1.29, 1.82) is 0 Å². The predicted molar refractivity (Wildman–Crippen MR) is 108 cm³/mol. The summed E-state index contributed by atoms with van der Waals surface area (Å²) in [5.41, 5.74) is 3.39. The molecule has 3 heterocycles. The number of hydrogen-bond donors (Lipinski definition) is 0. The monoisotopic (exact) mass is 397 g/mol. The van der Waals surface area contributed by atoms with E-state index in [4.69, 9.17) is 20.9 Å². The first-order valence-electron chi connectivity index (χ1n) is 9.55. The molecule has 0 N–H and O–H groups in total. The highest BCUT2D eigenvalue weighted by atomic mass is 35.5. The third kappa shape index (κ3) is 4.79. The summed E-state index contributed by atoms with van der Waals surface area (Å²) in [6.07, 6.45) is 4.52. The molecule has 0 aliphatic carbocycles. The van der Waals surface area contributed by atoms with E-state index in [2.05, 4.69) is 39.3 Å². The molecule has 5 nitrogen and oxygen atoms in total. The molecule has 0 radical (unpaired) electrons. The molecule has 4 rings (SSSR count). The second kappa shape index (κ2) is 8.86. The van der Waals surface area contributed by atoms with Crippen LogP contribution in [-0.2, 0) is 24.2 Å². The van der Waals surface area contributed by atoms with Gasteiger partial charge < -0.3 is 9.26 Å². The average molecular weight is 398 g/mol. The van der Waals surface area contributed by atoms with Crippen LogP contribution in [-0.4, -0.2) is 34.3 Å². The van der Waals surface area contributed by atoms with Crippen LogP contribution in [0.2, 0.25) is 5.02 Å². The van der Waals surface area contributed by atoms with Crippen LogP contribution < -0.4 is 0 Å². The molecule has 0 spiro atoms. The van der Waals surface area contributed by atoms with Gasteiger partial charge in [-0.25, -0.2) is 0 Å². The number of hydrogen-bond acceptors (Lipinski definition) is 5. The molecule has 146 valence electrons. The third-order valence-electron chi connectivity index (χ3n) is 5.21. The molecular weight excluding hydrogens is 374 g/mol. The van der Waals surface area contributed by atoms with E-state index in [1.165, 1.54) is 11.1 Å². The SMILES string of the molecule is Cc1cc(C[C@@H]2COC[C@H]2N(Cc2ccncc2)Cc2ccc(Cl)cc2)on1. The molecule has 6 heteroatoms. The minimum Gasteiger partial charge on any atom is -0.379 e. The lowest BCUT2D eigenvalue weighted by Gasteiger charge is -2.31. The molecule has 0 bridgehead atoms. The van der Waals surface area contributed by atoms with E-state index < -0.39 is 0 Å². The second-order valence-corrected chi connectivity index (χ2v) is 7.83. The number of aromatic nitrogens is 2. The van der Waals surface area contributed by atoms with Gasteiger partial charge in [0.15, 0.2) is 0 Å². The van der Waals surface area contributed by atoms with Crippen LogP contribution in [0.25, 0.3) is 0 Å². The Hall–Kier alpha value is -2.21. The number of nitrogens with zero attached hydrogens (tertiary/aromatic N) is 3. The summed E-state index contributed by atoms with van der Waals surface area (Å²) in [5, 5.41) is 4.78. The summed E-state index contributed by atoms with van der Waals surface area (Å²) in [5.74, 6) is 1.29. The van der Waals surface area contributed by atoms with Crippen molar-refractivity contribution >= 4 is 11.6 Å². The van der Waals surface area contributed by atoms with Gasteiger partial charge in [0.2, 0.25) is 0 Å². The van der Waals surface area contributed by atoms with E-state index in [-0.39, 0.29) is 0 Å². The predicted octanol–water partition coefficient (Wildman–Crippen LogP) is 4.29. The Bertz CT molecular complexity index is 882. The standard InChI is InChI=1S/C22H24ClN3O2/c1-16-10-21(28-25-16)11-19-14-27-15-22(19)26(13-18-6-8-24-9-7-18)12-17-2-4-20(23)5-3-17/h2-10,19,22H,11-15H2,1H3/t19-,22-/m1/s1. The van der Waals surface area contributed by atoms with E-state index in [0.717, 1.165) is 49.2 Å². The zero-order chi connectivity index (χ0) is 19.3. The van der Waals surface area contributed by atoms with Gasteiger partial charge in [0, 0.05) is 55.0 Å². The highest BCUT2D eigenvalue weighted by Gasteiger charge is 2.34. The van der Waals surface area contributed by atoms with Crippen molar-refractivity contribution in [3.63, 3.8) is 0 Å². The number of ether oxygens (including phenoxy) is 1. The zero-order valence-corrected chi connectivity index (χ0v) is 16.7. The molecule has 28 heavy (non-hydrogen) atoms. The number of pyridine rings is 1. The first-order chi connectivity index (χ1) is 13.7. The molecule has 1 aromatic carbocycles. The second-order valence-electron chi connectivity index (χ2n) is 7.39. The van der Waals surface area contributed by atoms with Crippen LogP contribution in [0.5, 0.6) is 0 Å². The highest BCUT2D eigenvalue weighted by molar-refractivity contribution is 6.30. The van der Waals surface area contributed by atoms with Gasteiger partial charge in [-0.15, -0.1) is 0 Å². The smallest absolute Gasteiger partial charge is 0.137 e. The Labute approximate surface area is 170 Å². The van der Waals surface area contributed by atoms with Gasteiger partial charge >= 0.3 is 0 Å². The van der Waals surface area contributed by atoms with E-state index in [9.17, 15) is 0 Å². The Kier molecular flexibility index (Phi) is 6.05. The van der Waals surface area contributed by atoms with Gasteiger partial charge in [-0.3, -0.25) is 9.88 Å². The van der Waals surface area contributed by atoms with Crippen molar-refractivity contribution in [1.82, 2.24) is 15.0 Å². The van der Waals surface area contributed by atoms with E-state index in [1.807, 2.05) is 37.5 Å². The number of halogens is 1. The van der Waals surface area contributed by atoms with Gasteiger partial charge in [-0.2, -0.15) is 0 Å². The Morgan fingerprint density at radius 1 is 1.04 bits per heavy atom. The quantitative estimate of drug-likeness (QED) is 0.595. The zero-order valence-electron chi connectivity index (χ0n) is 15.9. The van der Waals surface area contributed by atoms with Gasteiger partial charge in [0.25, 0.3) is 0 Å². The van der Waals surface area contributed by atoms with Crippen LogP contribution in [0.15, 0.2) is 59.4 Å². The normalized spacial score (nSPS) is 19.4. The largest absolute Gasteiger partial charge is 0.379 e. The summed E-state index contributed by atoms with van der Waals surface area (Å²) >= 11 is 6.06. The maximum absolute atomic E-state index is 6.06. The molecule has 1 aliphatic rings. The first-order valence-corrected chi connectivity index (χ1v) is 9.92. The fraction of sp³-hybridized carbons (Fsp3) is 0.364. The molecule has 1 saturated heterocycles. The maximum Gasteiger partial charge on any atom is 0.137 e. The minimum atomic E-state index is 0.300. The van der Waals surface area contributed by atoms with Gasteiger partial charge in [-0.05, 0) is 42.3 Å². The molecule has 0 amide bonds. The highest BCUT2D eigenvalue weighted by Crippen LogP contribution is 2.27. The Morgan fingerprint density at radius 3 is 2.43 bits per heavy atom. The van der Waals surface area contributed by atoms with Crippen molar-refractivity contribution < 1.29 is 9.26 Å². The van der Waals surface area contributed by atoms with E-state index in [1.54, 1.807) is 0 Å². The van der Waals surface area contributed by atoms with Crippen molar-refractivity contribution in [3.8, 4) is 0 Å². The molecule has 1 fully saturated rings. The van der Waals surface area contributed by atoms with Crippen LogP contribution >= 0.6 is 11.6 Å². The van der Waals surface area contributed by atoms with Crippen LogP contribution in [0.1, 0.15) is 22.6 Å². The fourth-order valence-corrected chi connectivity index (χ4v) is 3.92. The van der Waals surface area contributed by atoms with Crippen molar-refractivity contribution in [3.05, 3.63) is 82.5 Å². The molecular formula is C22H24ClN3O2. The third-order valence-corrected chi connectivity index (χ3v) is 5.46. The molecule has 3 aromatic rings. The van der Waals surface area contributed by atoms with Crippen LogP contribution in [0, 0.1) is 12.8 Å². The number of rotatable bonds is 7. The first kappa shape index (κ1) is 19.1. The number of benzene rings is 1. The van der Waals surface area contributed by atoms with Crippen molar-refractivity contribution in [2.24, 2.45) is 5.92 Å². The Balaban J connectivity index is 1.54. The summed E-state index contributed by atoms with van der Waals surface area (Å²) < 4.78 is 11.3. The molecule has 0 unspecified atom stereocenters. The van der Waals surface area contributed by atoms with Gasteiger partial charge in [-0.1, -0.05) is 28.9 Å². The van der Waals surface area contributed by atoms with Crippen molar-refractivity contribution in [2.75, 3.05) is 13.2 Å². The maximum atomic E-state index is 6.06. The molecule has 0 saturated carbocycles. The summed E-state index contributed by atoms with van der Waals surface area (Å²) in [4.78, 5) is 6.63. The van der Waals surface area contributed by atoms with Crippen LogP contribution in [0.4, 0.5) is 0 Å². The van der Waals surface area contributed by atoms with Gasteiger partial charge in [0.1, 0.15) is 5.76 Å². The lowest BCUT2D eigenvalue weighted by atomic mass is 9.95. The molecule has 1 aliphatic heterocycles. The topological polar surface area (TPSA) is 51.4 Å². The lowest BCUT2D eigenvalue weighted by molar-refractivity contribution is 0.127. The van der Waals surface area contributed by atoms with E-state index in [0.29, 0.717) is 12.0 Å². The lowest BCUT2D eigenvalue weighted by Crippen LogP contribution is -2.40. The van der Waals surface area contributed by atoms with Crippen molar-refractivity contribution in [2.45, 2.75) is 32.5 Å². The molecule has 2 aromatic heterocycles. The molecule has 2 atom stereocenters. The summed E-state index contributed by atoms with van der Waals surface area (Å²) in [6.45, 7) is 5.07. The van der Waals surface area contributed by atoms with E-state index >= 15 is 0 Å².